The molecular formula is C55H38N2. The molecule has 1 heterocycles. The minimum Gasteiger partial charge on any atom is -0.228 e. The molecule has 57 heavy (non-hydrogen) atoms. The van der Waals surface area contributed by atoms with Crippen molar-refractivity contribution >= 4 is 32.3 Å². The number of rotatable bonds is 5. The van der Waals surface area contributed by atoms with Gasteiger partial charge in [0, 0.05) is 22.1 Å². The Morgan fingerprint density at radius 1 is 0.333 bits per heavy atom. The first-order chi connectivity index (χ1) is 28.0. The number of nitrogens with zero attached hydrogens (tertiary/aromatic N) is 2. The summed E-state index contributed by atoms with van der Waals surface area (Å²) in [5.41, 5.74) is 15.1. The molecule has 0 spiro atoms. The minimum absolute atomic E-state index is 0.0917. The smallest absolute Gasteiger partial charge is 0.160 e. The van der Waals surface area contributed by atoms with Crippen LogP contribution < -0.4 is 0 Å². The predicted molar refractivity (Wildman–Crippen MR) is 239 cm³/mol. The second kappa shape index (κ2) is 13.0. The molecule has 0 N–H and O–H groups in total. The first-order valence-corrected chi connectivity index (χ1v) is 19.7. The van der Waals surface area contributed by atoms with E-state index < -0.39 is 0 Å². The van der Waals surface area contributed by atoms with E-state index in [4.69, 9.17) is 9.97 Å². The van der Waals surface area contributed by atoms with Gasteiger partial charge in [-0.3, -0.25) is 0 Å². The van der Waals surface area contributed by atoms with Crippen molar-refractivity contribution in [2.45, 2.75) is 19.3 Å². The van der Waals surface area contributed by atoms with E-state index in [2.05, 4.69) is 202 Å². The van der Waals surface area contributed by atoms with Crippen molar-refractivity contribution in [1.82, 2.24) is 9.97 Å². The summed E-state index contributed by atoms with van der Waals surface area (Å²) in [6, 6.07) is 70.1. The number of benzene rings is 9. The predicted octanol–water partition coefficient (Wildman–Crippen LogP) is 14.6. The van der Waals surface area contributed by atoms with Crippen molar-refractivity contribution in [1.29, 1.82) is 0 Å². The molecule has 268 valence electrons. The third-order valence-corrected chi connectivity index (χ3v) is 12.1. The van der Waals surface area contributed by atoms with Crippen LogP contribution in [0, 0.1) is 0 Å². The maximum Gasteiger partial charge on any atom is 0.160 e. The lowest BCUT2D eigenvalue weighted by atomic mass is 9.80. The topological polar surface area (TPSA) is 25.8 Å². The molecule has 0 atom stereocenters. The van der Waals surface area contributed by atoms with Crippen LogP contribution in [-0.4, -0.2) is 9.97 Å². The van der Waals surface area contributed by atoms with Crippen LogP contribution in [0.2, 0.25) is 0 Å². The van der Waals surface area contributed by atoms with Crippen LogP contribution in [0.5, 0.6) is 0 Å². The summed E-state index contributed by atoms with van der Waals surface area (Å²) < 4.78 is 0. The molecule has 1 aliphatic carbocycles. The second-order valence-corrected chi connectivity index (χ2v) is 15.7. The summed E-state index contributed by atoms with van der Waals surface area (Å²) in [7, 11) is 0. The van der Waals surface area contributed by atoms with Gasteiger partial charge in [0.2, 0.25) is 0 Å². The molecule has 0 bridgehead atoms. The highest BCUT2D eigenvalue weighted by Gasteiger charge is 2.37. The molecule has 9 aromatic carbocycles. The Bertz CT molecular complexity index is 3210. The lowest BCUT2D eigenvalue weighted by Crippen LogP contribution is -2.15. The fourth-order valence-electron chi connectivity index (χ4n) is 9.33. The lowest BCUT2D eigenvalue weighted by molar-refractivity contribution is 0.666. The van der Waals surface area contributed by atoms with Gasteiger partial charge < -0.3 is 0 Å². The Balaban J connectivity index is 1.06. The van der Waals surface area contributed by atoms with Gasteiger partial charge in [0.05, 0.1) is 11.4 Å². The van der Waals surface area contributed by atoms with Crippen LogP contribution in [0.4, 0.5) is 0 Å². The molecular weight excluding hydrogens is 689 g/mol. The molecule has 0 saturated heterocycles. The zero-order valence-electron chi connectivity index (χ0n) is 31.9. The maximum atomic E-state index is 5.28. The van der Waals surface area contributed by atoms with Crippen molar-refractivity contribution in [2.75, 3.05) is 0 Å². The summed E-state index contributed by atoms with van der Waals surface area (Å²) >= 11 is 0. The molecule has 2 nitrogen and oxygen atoms in total. The highest BCUT2D eigenvalue weighted by molar-refractivity contribution is 6.06. The molecule has 0 fully saturated rings. The quantitative estimate of drug-likeness (QED) is 0.176. The van der Waals surface area contributed by atoms with Gasteiger partial charge in [0.1, 0.15) is 0 Å². The Morgan fingerprint density at radius 2 is 0.895 bits per heavy atom. The Kier molecular flexibility index (Phi) is 7.55. The molecule has 11 rings (SSSR count). The molecule has 1 aliphatic rings. The SMILES string of the molecule is CC1(C)c2ccc(-c3ccc(-c4cc(-c5cccc(-c6cccc7ccccc67)c5)nc(-c5ccccc5)n4)c4ccccc34)cc2-c2ccc3ccccc3c21. The van der Waals surface area contributed by atoms with Crippen molar-refractivity contribution < 1.29 is 0 Å². The fourth-order valence-corrected chi connectivity index (χ4v) is 9.33. The monoisotopic (exact) mass is 726 g/mol. The summed E-state index contributed by atoms with van der Waals surface area (Å²) in [6.45, 7) is 4.74. The van der Waals surface area contributed by atoms with Crippen LogP contribution in [0.3, 0.4) is 0 Å². The molecule has 0 amide bonds. The Morgan fingerprint density at radius 3 is 1.72 bits per heavy atom. The van der Waals surface area contributed by atoms with Gasteiger partial charge in [-0.1, -0.05) is 190 Å². The van der Waals surface area contributed by atoms with Crippen LogP contribution in [0.15, 0.2) is 194 Å². The first-order valence-electron chi connectivity index (χ1n) is 19.7. The zero-order chi connectivity index (χ0) is 38.1. The van der Waals surface area contributed by atoms with Crippen LogP contribution in [-0.2, 0) is 5.41 Å². The van der Waals surface area contributed by atoms with E-state index in [9.17, 15) is 0 Å². The van der Waals surface area contributed by atoms with Crippen molar-refractivity contribution in [3.05, 3.63) is 205 Å². The van der Waals surface area contributed by atoms with E-state index in [0.717, 1.165) is 39.0 Å². The molecule has 0 unspecified atom stereocenters. The van der Waals surface area contributed by atoms with Gasteiger partial charge in [-0.25, -0.2) is 9.97 Å². The van der Waals surface area contributed by atoms with Gasteiger partial charge >= 0.3 is 0 Å². The number of fused-ring (bicyclic) bond motifs is 7. The minimum atomic E-state index is -0.0917. The Hall–Kier alpha value is -7.16. The first kappa shape index (κ1) is 33.2. The number of aromatic nitrogens is 2. The van der Waals surface area contributed by atoms with E-state index in [1.165, 1.54) is 65.9 Å². The summed E-state index contributed by atoms with van der Waals surface area (Å²) in [6.07, 6.45) is 0. The Labute approximate surface area is 332 Å². The van der Waals surface area contributed by atoms with Crippen LogP contribution in [0.1, 0.15) is 25.0 Å². The molecule has 0 saturated carbocycles. The fraction of sp³-hybridized carbons (Fsp3) is 0.0545. The zero-order valence-corrected chi connectivity index (χ0v) is 31.9. The van der Waals surface area contributed by atoms with Crippen molar-refractivity contribution in [3.63, 3.8) is 0 Å². The molecule has 0 radical (unpaired) electrons. The molecule has 2 heteroatoms. The van der Waals surface area contributed by atoms with Crippen LogP contribution >= 0.6 is 0 Å². The van der Waals surface area contributed by atoms with E-state index >= 15 is 0 Å². The van der Waals surface area contributed by atoms with Gasteiger partial charge in [-0.15, -0.1) is 0 Å². The van der Waals surface area contributed by atoms with E-state index in [1.807, 2.05) is 6.07 Å². The van der Waals surface area contributed by atoms with Gasteiger partial charge in [-0.2, -0.15) is 0 Å². The van der Waals surface area contributed by atoms with E-state index in [1.54, 1.807) is 0 Å². The normalized spacial score (nSPS) is 12.9. The van der Waals surface area contributed by atoms with Crippen molar-refractivity contribution in [3.8, 4) is 67.3 Å². The third-order valence-electron chi connectivity index (χ3n) is 12.1. The lowest BCUT2D eigenvalue weighted by Gasteiger charge is -2.23. The average molecular weight is 727 g/mol. The highest BCUT2D eigenvalue weighted by Crippen LogP contribution is 2.52. The van der Waals surface area contributed by atoms with Gasteiger partial charge in [0.15, 0.2) is 5.82 Å². The van der Waals surface area contributed by atoms with Gasteiger partial charge in [0.25, 0.3) is 0 Å². The summed E-state index contributed by atoms with van der Waals surface area (Å²) in [5, 5.41) is 7.46. The van der Waals surface area contributed by atoms with E-state index in [0.29, 0.717) is 5.82 Å². The summed E-state index contributed by atoms with van der Waals surface area (Å²) in [4.78, 5) is 10.5. The standard InChI is InChI=1S/C55H38N2/c1-55(2)50-31-27-39(33-49(50)48-28-26-36-15-7-9-22-44(36)53(48)55)43-29-30-47(46-24-11-10-23-45(43)46)52-34-51(56-54(57-52)37-16-4-3-5-17-37)40-20-12-19-38(32-40)42-25-13-18-35-14-6-8-21-41(35)42/h3-34H,1-2H3. The molecule has 0 aliphatic heterocycles. The van der Waals surface area contributed by atoms with E-state index in [-0.39, 0.29) is 5.41 Å². The number of hydrogen-bond donors (Lipinski definition) is 0. The second-order valence-electron chi connectivity index (χ2n) is 15.7. The largest absolute Gasteiger partial charge is 0.228 e. The third kappa shape index (κ3) is 5.40. The van der Waals surface area contributed by atoms with Gasteiger partial charge in [-0.05, 0) is 95.0 Å². The van der Waals surface area contributed by atoms with Crippen molar-refractivity contribution in [2.24, 2.45) is 0 Å². The maximum absolute atomic E-state index is 5.28. The summed E-state index contributed by atoms with van der Waals surface area (Å²) in [5.74, 6) is 0.708. The molecule has 1 aromatic heterocycles. The highest BCUT2D eigenvalue weighted by atomic mass is 14.9. The molecule has 10 aromatic rings. The van der Waals surface area contributed by atoms with Crippen LogP contribution in [0.25, 0.3) is 99.6 Å². The average Bonchev–Trinajstić information content (AvgIpc) is 3.51. The number of hydrogen-bond acceptors (Lipinski definition) is 2.